The monoisotopic (exact) mass is 741 g/mol. The van der Waals surface area contributed by atoms with Crippen LogP contribution in [0.1, 0.15) is 90.9 Å². The second kappa shape index (κ2) is 47.1. The third kappa shape index (κ3) is 47.0. The van der Waals surface area contributed by atoms with Gasteiger partial charge in [0.15, 0.2) is 0 Å². The van der Waals surface area contributed by atoms with Crippen molar-refractivity contribution in [2.45, 2.75) is 90.9 Å². The standard InChI is InChI=1S/C38H76O13/c1-3-5-6-7-8-9-10-11-12-13-15-40-16-17-41-18-19-42-20-21-43-22-23-44-24-25-45-26-27-46-28-29-47-30-31-48-32-33-49-34-35-50-36-37-51-38(39)14-4-2/h3-37H2,1-2H3. The van der Waals surface area contributed by atoms with E-state index in [4.69, 9.17) is 56.8 Å². The zero-order chi connectivity index (χ0) is 36.8. The summed E-state index contributed by atoms with van der Waals surface area (Å²) in [5, 5.41) is 0. The first-order valence-electron chi connectivity index (χ1n) is 19.8. The van der Waals surface area contributed by atoms with Crippen LogP contribution in [0.15, 0.2) is 0 Å². The molecule has 13 nitrogen and oxygen atoms in total. The fraction of sp³-hybridized carbons (Fsp3) is 0.974. The number of carbonyl (C=O) groups is 1. The number of rotatable bonds is 46. The molecule has 0 atom stereocenters. The molecule has 0 aromatic carbocycles. The summed E-state index contributed by atoms with van der Waals surface area (Å²) in [6.45, 7) is 16.1. The Bertz CT molecular complexity index is 645. The maximum Gasteiger partial charge on any atom is 0.305 e. The van der Waals surface area contributed by atoms with Gasteiger partial charge in [0, 0.05) is 13.0 Å². The smallest absolute Gasteiger partial charge is 0.305 e. The van der Waals surface area contributed by atoms with Crippen LogP contribution in [0.4, 0.5) is 0 Å². The first kappa shape index (κ1) is 50.0. The molecule has 0 saturated carbocycles. The highest BCUT2D eigenvalue weighted by Gasteiger charge is 2.00. The summed E-state index contributed by atoms with van der Waals surface area (Å²) in [4.78, 5) is 11.2. The number of carbonyl (C=O) groups excluding carboxylic acids is 1. The molecule has 0 aromatic rings. The van der Waals surface area contributed by atoms with E-state index in [1.165, 1.54) is 57.8 Å². The van der Waals surface area contributed by atoms with Gasteiger partial charge in [0.1, 0.15) is 6.61 Å². The molecule has 0 amide bonds. The average Bonchev–Trinajstić information content (AvgIpc) is 3.13. The maximum absolute atomic E-state index is 11.2. The quantitative estimate of drug-likeness (QED) is 0.0582. The Kier molecular flexibility index (Phi) is 46.2. The molecule has 0 N–H and O–H groups in total. The van der Waals surface area contributed by atoms with Crippen LogP contribution < -0.4 is 0 Å². The topological polar surface area (TPSA) is 128 Å². The Morgan fingerprint density at radius 1 is 0.275 bits per heavy atom. The van der Waals surface area contributed by atoms with E-state index in [0.717, 1.165) is 19.4 Å². The van der Waals surface area contributed by atoms with Crippen molar-refractivity contribution in [3.8, 4) is 0 Å². The van der Waals surface area contributed by atoms with E-state index in [1.807, 2.05) is 6.92 Å². The summed E-state index contributed by atoms with van der Waals surface area (Å²) in [6.07, 6.45) is 14.6. The van der Waals surface area contributed by atoms with E-state index in [-0.39, 0.29) is 12.6 Å². The number of hydrogen-bond donors (Lipinski definition) is 0. The molecule has 0 bridgehead atoms. The number of ether oxygens (including phenoxy) is 12. The molecule has 0 aliphatic carbocycles. The van der Waals surface area contributed by atoms with Gasteiger partial charge in [0.25, 0.3) is 0 Å². The lowest BCUT2D eigenvalue weighted by Crippen LogP contribution is -2.15. The minimum absolute atomic E-state index is 0.186. The predicted octanol–water partition coefficient (Wildman–Crippen LogP) is 5.43. The molecule has 0 fully saturated rings. The van der Waals surface area contributed by atoms with Crippen LogP contribution in [-0.2, 0) is 61.6 Å². The van der Waals surface area contributed by atoms with Crippen molar-refractivity contribution >= 4 is 5.97 Å². The molecule has 306 valence electrons. The molecule has 0 aromatic heterocycles. The van der Waals surface area contributed by atoms with Crippen LogP contribution >= 0.6 is 0 Å². The molecule has 0 aliphatic rings. The Hall–Kier alpha value is -0.970. The van der Waals surface area contributed by atoms with Crippen molar-refractivity contribution in [2.75, 3.05) is 152 Å². The minimum Gasteiger partial charge on any atom is -0.463 e. The van der Waals surface area contributed by atoms with Gasteiger partial charge in [-0.2, -0.15) is 0 Å². The average molecular weight is 741 g/mol. The predicted molar refractivity (Wildman–Crippen MR) is 197 cm³/mol. The van der Waals surface area contributed by atoms with E-state index in [9.17, 15) is 4.79 Å². The minimum atomic E-state index is -0.186. The van der Waals surface area contributed by atoms with Gasteiger partial charge in [-0.3, -0.25) is 4.79 Å². The van der Waals surface area contributed by atoms with Crippen molar-refractivity contribution in [1.82, 2.24) is 0 Å². The second-order valence-electron chi connectivity index (χ2n) is 11.9. The van der Waals surface area contributed by atoms with Crippen molar-refractivity contribution < 1.29 is 61.6 Å². The summed E-state index contributed by atoms with van der Waals surface area (Å²) in [5.74, 6) is -0.186. The van der Waals surface area contributed by atoms with Crippen molar-refractivity contribution in [2.24, 2.45) is 0 Å². The molecule has 0 saturated heterocycles. The summed E-state index contributed by atoms with van der Waals surface area (Å²) >= 11 is 0. The fourth-order valence-electron chi connectivity index (χ4n) is 4.48. The van der Waals surface area contributed by atoms with Gasteiger partial charge in [-0.1, -0.05) is 71.6 Å². The Balaban J connectivity index is 3.06. The van der Waals surface area contributed by atoms with Gasteiger partial charge < -0.3 is 56.8 Å². The molecule has 0 aliphatic heterocycles. The van der Waals surface area contributed by atoms with E-state index in [2.05, 4.69) is 6.92 Å². The zero-order valence-corrected chi connectivity index (χ0v) is 32.6. The first-order valence-corrected chi connectivity index (χ1v) is 19.8. The lowest BCUT2D eigenvalue weighted by molar-refractivity contribution is -0.145. The normalized spacial score (nSPS) is 11.5. The lowest BCUT2D eigenvalue weighted by Gasteiger charge is -2.09. The Morgan fingerprint density at radius 3 is 0.784 bits per heavy atom. The van der Waals surface area contributed by atoms with E-state index in [1.54, 1.807) is 0 Å². The van der Waals surface area contributed by atoms with Crippen molar-refractivity contribution in [1.29, 1.82) is 0 Å². The van der Waals surface area contributed by atoms with E-state index < -0.39 is 0 Å². The van der Waals surface area contributed by atoms with Crippen LogP contribution in [0, 0.1) is 0 Å². The van der Waals surface area contributed by atoms with Gasteiger partial charge in [-0.25, -0.2) is 0 Å². The fourth-order valence-corrected chi connectivity index (χ4v) is 4.48. The van der Waals surface area contributed by atoms with E-state index >= 15 is 0 Å². The lowest BCUT2D eigenvalue weighted by atomic mass is 10.1. The molecular formula is C38H76O13. The molecule has 13 heteroatoms. The van der Waals surface area contributed by atoms with Gasteiger partial charge in [-0.15, -0.1) is 0 Å². The van der Waals surface area contributed by atoms with Gasteiger partial charge in [0.2, 0.25) is 0 Å². The highest BCUT2D eigenvalue weighted by molar-refractivity contribution is 5.69. The SMILES string of the molecule is CCCCCCCCCCCCOCCOCCOCCOCCOCCOCCOCCOCCOCCOCCOCCOC(=O)CCC. The largest absolute Gasteiger partial charge is 0.463 e. The van der Waals surface area contributed by atoms with Crippen LogP contribution in [-0.4, -0.2) is 158 Å². The summed E-state index contributed by atoms with van der Waals surface area (Å²) in [5.41, 5.74) is 0. The molecule has 0 unspecified atom stereocenters. The molecular weight excluding hydrogens is 664 g/mol. The molecule has 0 spiro atoms. The molecule has 51 heavy (non-hydrogen) atoms. The molecule has 0 heterocycles. The van der Waals surface area contributed by atoms with Gasteiger partial charge in [0.05, 0.1) is 139 Å². The maximum atomic E-state index is 11.2. The number of hydrogen-bond acceptors (Lipinski definition) is 13. The Morgan fingerprint density at radius 2 is 0.510 bits per heavy atom. The molecule has 0 radical (unpaired) electrons. The van der Waals surface area contributed by atoms with Gasteiger partial charge >= 0.3 is 5.97 Å². The second-order valence-corrected chi connectivity index (χ2v) is 11.9. The highest BCUT2D eigenvalue weighted by Crippen LogP contribution is 2.10. The van der Waals surface area contributed by atoms with Crippen LogP contribution in [0.3, 0.4) is 0 Å². The van der Waals surface area contributed by atoms with Crippen LogP contribution in [0.5, 0.6) is 0 Å². The van der Waals surface area contributed by atoms with Crippen molar-refractivity contribution in [3.63, 3.8) is 0 Å². The highest BCUT2D eigenvalue weighted by atomic mass is 16.6. The zero-order valence-electron chi connectivity index (χ0n) is 32.6. The van der Waals surface area contributed by atoms with Crippen LogP contribution in [0.25, 0.3) is 0 Å². The Labute approximate surface area is 310 Å². The van der Waals surface area contributed by atoms with E-state index in [0.29, 0.717) is 145 Å². The third-order valence-corrected chi connectivity index (χ3v) is 7.31. The first-order chi connectivity index (χ1) is 25.3. The third-order valence-electron chi connectivity index (χ3n) is 7.31. The number of esters is 1. The van der Waals surface area contributed by atoms with Crippen molar-refractivity contribution in [3.05, 3.63) is 0 Å². The summed E-state index contributed by atoms with van der Waals surface area (Å²) in [7, 11) is 0. The summed E-state index contributed by atoms with van der Waals surface area (Å²) < 4.78 is 65.4. The summed E-state index contributed by atoms with van der Waals surface area (Å²) in [6, 6.07) is 0. The van der Waals surface area contributed by atoms with Gasteiger partial charge in [-0.05, 0) is 12.8 Å². The molecule has 0 rings (SSSR count). The van der Waals surface area contributed by atoms with Crippen LogP contribution in [0.2, 0.25) is 0 Å². The number of unbranched alkanes of at least 4 members (excludes halogenated alkanes) is 9.